The molecule has 0 aromatic carbocycles. The predicted octanol–water partition coefficient (Wildman–Crippen LogP) is -0.530. The number of piperazine rings is 1. The van der Waals surface area contributed by atoms with Crippen molar-refractivity contribution in [3.8, 4) is 0 Å². The third kappa shape index (κ3) is 1.70. The van der Waals surface area contributed by atoms with Crippen molar-refractivity contribution in [3.05, 3.63) is 18.2 Å². The number of imidazole rings is 1. The van der Waals surface area contributed by atoms with Crippen molar-refractivity contribution in [2.24, 2.45) is 0 Å². The molecule has 0 unspecified atom stereocenters. The van der Waals surface area contributed by atoms with Crippen molar-refractivity contribution < 1.29 is 4.79 Å². The van der Waals surface area contributed by atoms with Crippen LogP contribution < -0.4 is 5.32 Å². The lowest BCUT2D eigenvalue weighted by atomic mass is 10.3. The van der Waals surface area contributed by atoms with Gasteiger partial charge in [0.1, 0.15) is 0 Å². The fourth-order valence-electron chi connectivity index (χ4n) is 1.34. The molecule has 1 fully saturated rings. The van der Waals surface area contributed by atoms with E-state index >= 15 is 0 Å². The van der Waals surface area contributed by atoms with E-state index in [1.165, 1.54) is 0 Å². The zero-order valence-corrected chi connectivity index (χ0v) is 7.23. The van der Waals surface area contributed by atoms with E-state index in [4.69, 9.17) is 0 Å². The van der Waals surface area contributed by atoms with Gasteiger partial charge in [-0.15, -0.1) is 0 Å². The number of nitrogens with zero attached hydrogens (tertiary/aromatic N) is 3. The van der Waals surface area contributed by atoms with Crippen LogP contribution >= 0.6 is 0 Å². The molecule has 2 heterocycles. The van der Waals surface area contributed by atoms with Gasteiger partial charge >= 0.3 is 0 Å². The molecule has 1 aliphatic rings. The Bertz CT molecular complexity index is 276. The lowest BCUT2D eigenvalue weighted by Gasteiger charge is -2.25. The zero-order chi connectivity index (χ0) is 9.10. The van der Waals surface area contributed by atoms with Crippen LogP contribution in [0.1, 0.15) is 10.6 Å². The summed E-state index contributed by atoms with van der Waals surface area (Å²) in [5, 5.41) is 4.17. The molecule has 1 aromatic heterocycles. The van der Waals surface area contributed by atoms with Gasteiger partial charge < -0.3 is 9.88 Å². The summed E-state index contributed by atoms with van der Waals surface area (Å²) in [5.41, 5.74) is 0. The maximum Gasteiger partial charge on any atom is 0.289 e. The molecule has 1 amide bonds. The molecule has 0 saturated carbocycles. The molecule has 5 nitrogen and oxygen atoms in total. The minimum atomic E-state index is -0.0279. The number of rotatable bonds is 1. The number of hydrogen-bond donors (Lipinski definition) is 1. The van der Waals surface area contributed by atoms with Gasteiger partial charge in [0.05, 0.1) is 0 Å². The molecule has 0 aliphatic carbocycles. The Morgan fingerprint density at radius 3 is 2.85 bits per heavy atom. The molecule has 2 rings (SSSR count). The first kappa shape index (κ1) is 8.25. The van der Waals surface area contributed by atoms with E-state index < -0.39 is 0 Å². The number of carbonyl (C=O) groups is 1. The molecule has 5 heteroatoms. The summed E-state index contributed by atoms with van der Waals surface area (Å²) >= 11 is 0. The normalized spacial score (nSPS) is 17.4. The summed E-state index contributed by atoms with van der Waals surface area (Å²) in [6.45, 7) is 2.90. The van der Waals surface area contributed by atoms with E-state index in [9.17, 15) is 4.79 Å². The third-order valence-corrected chi connectivity index (χ3v) is 2.04. The van der Waals surface area contributed by atoms with Crippen molar-refractivity contribution in [3.63, 3.8) is 0 Å². The van der Waals surface area contributed by atoms with Crippen LogP contribution in [0.25, 0.3) is 0 Å². The maximum atomic E-state index is 11.7. The first-order valence-electron chi connectivity index (χ1n) is 4.30. The van der Waals surface area contributed by atoms with Gasteiger partial charge in [-0.05, 0) is 0 Å². The summed E-state index contributed by atoms with van der Waals surface area (Å²) in [5.74, 6) is 0.391. The van der Waals surface area contributed by atoms with Crippen molar-refractivity contribution in [1.82, 2.24) is 20.2 Å². The second kappa shape index (κ2) is 3.57. The molecule has 1 aliphatic heterocycles. The van der Waals surface area contributed by atoms with Gasteiger partial charge in [-0.1, -0.05) is 0 Å². The quantitative estimate of drug-likeness (QED) is 0.630. The largest absolute Gasteiger partial charge is 0.341 e. The number of hydrogen-bond acceptors (Lipinski definition) is 2. The van der Waals surface area contributed by atoms with E-state index in [2.05, 4.69) is 15.3 Å². The molecular formula is C8H11N4O. The van der Waals surface area contributed by atoms with Crippen molar-refractivity contribution in [2.45, 2.75) is 0 Å². The Labute approximate surface area is 76.2 Å². The summed E-state index contributed by atoms with van der Waals surface area (Å²) < 4.78 is 0. The minimum Gasteiger partial charge on any atom is -0.341 e. The topological polar surface area (TPSA) is 63.1 Å². The van der Waals surface area contributed by atoms with Crippen molar-refractivity contribution >= 4 is 5.91 Å². The SMILES string of the molecule is O=C(c1ncc[nH]1)N1CC[N]CC1. The standard InChI is InChI=1S/C8H11N4O/c13-8(7-10-1-2-11-7)12-5-3-9-4-6-12/h1-2H,3-6H2,(H,10,11). The third-order valence-electron chi connectivity index (χ3n) is 2.04. The highest BCUT2D eigenvalue weighted by molar-refractivity contribution is 5.90. The van der Waals surface area contributed by atoms with Gasteiger partial charge in [0.25, 0.3) is 5.91 Å². The number of nitrogens with one attached hydrogen (secondary N) is 1. The van der Waals surface area contributed by atoms with Crippen LogP contribution in [0, 0.1) is 0 Å². The fourth-order valence-corrected chi connectivity index (χ4v) is 1.34. The molecule has 1 radical (unpaired) electrons. The maximum absolute atomic E-state index is 11.7. The lowest BCUT2D eigenvalue weighted by molar-refractivity contribution is 0.0723. The highest BCUT2D eigenvalue weighted by atomic mass is 16.2. The van der Waals surface area contributed by atoms with Crippen LogP contribution in [0.15, 0.2) is 12.4 Å². The molecule has 13 heavy (non-hydrogen) atoms. The summed E-state index contributed by atoms with van der Waals surface area (Å²) in [6.07, 6.45) is 3.24. The number of carbonyl (C=O) groups excluding carboxylic acids is 1. The van der Waals surface area contributed by atoms with E-state index in [1.807, 2.05) is 0 Å². The van der Waals surface area contributed by atoms with Crippen LogP contribution in [0.3, 0.4) is 0 Å². The molecule has 0 spiro atoms. The predicted molar refractivity (Wildman–Crippen MR) is 46.4 cm³/mol. The highest BCUT2D eigenvalue weighted by Crippen LogP contribution is 2.00. The van der Waals surface area contributed by atoms with Crippen LogP contribution in [-0.4, -0.2) is 47.0 Å². The van der Waals surface area contributed by atoms with Gasteiger partial charge in [-0.2, -0.15) is 0 Å². The molecule has 1 saturated heterocycles. The van der Waals surface area contributed by atoms with Gasteiger partial charge in [-0.3, -0.25) is 4.79 Å². The van der Waals surface area contributed by atoms with Crippen LogP contribution in [-0.2, 0) is 0 Å². The average Bonchev–Trinajstić information content (AvgIpc) is 2.71. The second-order valence-electron chi connectivity index (χ2n) is 2.90. The second-order valence-corrected chi connectivity index (χ2v) is 2.90. The Hall–Kier alpha value is -1.36. The lowest BCUT2D eigenvalue weighted by Crippen LogP contribution is -2.44. The number of H-pyrrole nitrogens is 1. The van der Waals surface area contributed by atoms with E-state index in [0.717, 1.165) is 13.1 Å². The van der Waals surface area contributed by atoms with E-state index in [1.54, 1.807) is 17.3 Å². The fraction of sp³-hybridized carbons (Fsp3) is 0.500. The Morgan fingerprint density at radius 1 is 1.46 bits per heavy atom. The zero-order valence-electron chi connectivity index (χ0n) is 7.23. The first-order chi connectivity index (χ1) is 6.38. The molecule has 0 atom stereocenters. The van der Waals surface area contributed by atoms with E-state index in [-0.39, 0.29) is 5.91 Å². The minimum absolute atomic E-state index is 0.0279. The Balaban J connectivity index is 2.04. The Morgan fingerprint density at radius 2 is 2.23 bits per heavy atom. The number of amides is 1. The van der Waals surface area contributed by atoms with Crippen molar-refractivity contribution in [1.29, 1.82) is 0 Å². The molecule has 1 N–H and O–H groups in total. The van der Waals surface area contributed by atoms with Gasteiger partial charge in [0.15, 0.2) is 5.82 Å². The van der Waals surface area contributed by atoms with Gasteiger partial charge in [0.2, 0.25) is 0 Å². The monoisotopic (exact) mass is 179 g/mol. The van der Waals surface area contributed by atoms with Crippen LogP contribution in [0.4, 0.5) is 0 Å². The Kier molecular flexibility index (Phi) is 2.27. The number of aromatic amines is 1. The van der Waals surface area contributed by atoms with Crippen LogP contribution in [0.5, 0.6) is 0 Å². The molecular weight excluding hydrogens is 168 g/mol. The number of aromatic nitrogens is 2. The summed E-state index contributed by atoms with van der Waals surface area (Å²) in [7, 11) is 0. The molecule has 0 bridgehead atoms. The highest BCUT2D eigenvalue weighted by Gasteiger charge is 2.19. The van der Waals surface area contributed by atoms with Crippen LogP contribution in [0.2, 0.25) is 0 Å². The van der Waals surface area contributed by atoms with Gasteiger partial charge in [-0.25, -0.2) is 10.3 Å². The average molecular weight is 179 g/mol. The molecule has 69 valence electrons. The summed E-state index contributed by atoms with van der Waals surface area (Å²) in [6, 6.07) is 0. The van der Waals surface area contributed by atoms with Crippen molar-refractivity contribution in [2.75, 3.05) is 26.2 Å². The smallest absolute Gasteiger partial charge is 0.289 e. The first-order valence-corrected chi connectivity index (χ1v) is 4.30. The summed E-state index contributed by atoms with van der Waals surface area (Å²) in [4.78, 5) is 20.1. The molecule has 1 aromatic rings. The van der Waals surface area contributed by atoms with Gasteiger partial charge in [0, 0.05) is 38.6 Å². The van der Waals surface area contributed by atoms with E-state index in [0.29, 0.717) is 18.9 Å².